The molecule has 0 unspecified atom stereocenters. The predicted octanol–water partition coefficient (Wildman–Crippen LogP) is 14.0. The summed E-state index contributed by atoms with van der Waals surface area (Å²) in [6, 6.07) is 59.1. The number of para-hydroxylation sites is 1. The Morgan fingerprint density at radius 2 is 1.24 bits per heavy atom. The van der Waals surface area contributed by atoms with Crippen LogP contribution in [-0.4, -0.2) is 9.13 Å². The van der Waals surface area contributed by atoms with E-state index in [-0.39, 0.29) is 5.41 Å². The monoisotopic (exact) mass is 702 g/mol. The molecule has 2 aromatic heterocycles. The fourth-order valence-corrected chi connectivity index (χ4v) is 10.2. The molecule has 0 saturated carbocycles. The fourth-order valence-electron chi connectivity index (χ4n) is 10.2. The summed E-state index contributed by atoms with van der Waals surface area (Å²) in [6.07, 6.45) is 6.75. The second-order valence-corrected chi connectivity index (χ2v) is 16.0. The van der Waals surface area contributed by atoms with Gasteiger partial charge in [0.15, 0.2) is 0 Å². The van der Waals surface area contributed by atoms with E-state index in [9.17, 15) is 0 Å². The summed E-state index contributed by atoms with van der Waals surface area (Å²) >= 11 is 0. The van der Waals surface area contributed by atoms with E-state index < -0.39 is 0 Å². The summed E-state index contributed by atoms with van der Waals surface area (Å²) in [5.74, 6) is 0. The third-order valence-electron chi connectivity index (χ3n) is 12.7. The Bertz CT molecular complexity index is 3290. The van der Waals surface area contributed by atoms with Crippen molar-refractivity contribution in [3.63, 3.8) is 0 Å². The molecule has 10 aromatic rings. The number of benzene rings is 8. The van der Waals surface area contributed by atoms with Gasteiger partial charge in [0.1, 0.15) is 0 Å². The lowest BCUT2D eigenvalue weighted by atomic mass is 9.81. The molecular formula is C53H38N2. The van der Waals surface area contributed by atoms with E-state index >= 15 is 0 Å². The van der Waals surface area contributed by atoms with Crippen LogP contribution in [0.2, 0.25) is 0 Å². The number of hydrogen-bond donors (Lipinski definition) is 0. The molecule has 8 aromatic carbocycles. The lowest BCUT2D eigenvalue weighted by Gasteiger charge is -2.25. The van der Waals surface area contributed by atoms with Crippen molar-refractivity contribution in [1.82, 2.24) is 9.13 Å². The van der Waals surface area contributed by atoms with Crippen molar-refractivity contribution in [1.29, 1.82) is 0 Å². The van der Waals surface area contributed by atoms with Crippen LogP contribution in [0.5, 0.6) is 0 Å². The third kappa shape index (κ3) is 4.25. The van der Waals surface area contributed by atoms with E-state index in [2.05, 4.69) is 193 Å². The third-order valence-corrected chi connectivity index (χ3v) is 12.7. The quantitative estimate of drug-likeness (QED) is 0.173. The molecule has 0 atom stereocenters. The zero-order valence-electron chi connectivity index (χ0n) is 31.0. The van der Waals surface area contributed by atoms with Gasteiger partial charge in [-0.1, -0.05) is 135 Å². The summed E-state index contributed by atoms with van der Waals surface area (Å²) in [6.45, 7) is 4.83. The summed E-state index contributed by atoms with van der Waals surface area (Å²) in [5.41, 5.74) is 18.2. The number of hydrogen-bond acceptors (Lipinski definition) is 0. The Kier molecular flexibility index (Phi) is 6.27. The Morgan fingerprint density at radius 1 is 0.509 bits per heavy atom. The molecule has 12 rings (SSSR count). The molecule has 2 nitrogen and oxygen atoms in total. The van der Waals surface area contributed by atoms with E-state index in [0.717, 1.165) is 12.8 Å². The molecular weight excluding hydrogens is 665 g/mol. The van der Waals surface area contributed by atoms with Crippen LogP contribution in [0.1, 0.15) is 42.5 Å². The minimum Gasteiger partial charge on any atom is -0.309 e. The Labute approximate surface area is 320 Å². The van der Waals surface area contributed by atoms with Gasteiger partial charge in [0.2, 0.25) is 0 Å². The Balaban J connectivity index is 1.10. The van der Waals surface area contributed by atoms with Crippen molar-refractivity contribution in [2.75, 3.05) is 0 Å². The van der Waals surface area contributed by atoms with Crippen LogP contribution in [0.15, 0.2) is 164 Å². The molecule has 0 fully saturated rings. The van der Waals surface area contributed by atoms with Gasteiger partial charge in [-0.15, -0.1) is 0 Å². The van der Waals surface area contributed by atoms with Crippen LogP contribution in [0.4, 0.5) is 0 Å². The molecule has 55 heavy (non-hydrogen) atoms. The average Bonchev–Trinajstić information content (AvgIpc) is 3.83. The van der Waals surface area contributed by atoms with Gasteiger partial charge in [-0.25, -0.2) is 0 Å². The van der Waals surface area contributed by atoms with Gasteiger partial charge >= 0.3 is 0 Å². The Morgan fingerprint density at radius 3 is 2.11 bits per heavy atom. The van der Waals surface area contributed by atoms with Crippen LogP contribution in [0.3, 0.4) is 0 Å². The maximum Gasteiger partial charge on any atom is 0.0588 e. The van der Waals surface area contributed by atoms with Crippen molar-refractivity contribution in [2.45, 2.75) is 32.1 Å². The van der Waals surface area contributed by atoms with E-state index in [0.29, 0.717) is 0 Å². The van der Waals surface area contributed by atoms with Gasteiger partial charge in [0, 0.05) is 38.3 Å². The van der Waals surface area contributed by atoms with E-state index in [4.69, 9.17) is 0 Å². The van der Waals surface area contributed by atoms with Crippen molar-refractivity contribution < 1.29 is 0 Å². The molecule has 2 aliphatic rings. The number of rotatable bonds is 3. The highest BCUT2D eigenvalue weighted by molar-refractivity contribution is 6.15. The van der Waals surface area contributed by atoms with Crippen LogP contribution in [0.25, 0.3) is 94.1 Å². The zero-order chi connectivity index (χ0) is 36.4. The molecule has 2 aliphatic carbocycles. The summed E-state index contributed by atoms with van der Waals surface area (Å²) in [5, 5.41) is 7.66. The molecule has 0 saturated heterocycles. The normalized spacial score (nSPS) is 14.3. The number of fused-ring (bicyclic) bond motifs is 12. The molecule has 0 radical (unpaired) electrons. The molecule has 0 aliphatic heterocycles. The van der Waals surface area contributed by atoms with Crippen LogP contribution < -0.4 is 0 Å². The molecule has 260 valence electrons. The summed E-state index contributed by atoms with van der Waals surface area (Å²) < 4.78 is 5.03. The first-order chi connectivity index (χ1) is 27.0. The van der Waals surface area contributed by atoms with Gasteiger partial charge in [-0.2, -0.15) is 0 Å². The minimum atomic E-state index is -0.139. The van der Waals surface area contributed by atoms with Crippen molar-refractivity contribution in [3.05, 3.63) is 186 Å². The molecule has 0 bridgehead atoms. The molecule has 0 amide bonds. The number of aromatic nitrogens is 2. The first-order valence-corrected chi connectivity index (χ1v) is 19.6. The summed E-state index contributed by atoms with van der Waals surface area (Å²) in [4.78, 5) is 0. The zero-order valence-corrected chi connectivity index (χ0v) is 31.0. The highest BCUT2D eigenvalue weighted by Crippen LogP contribution is 2.53. The lowest BCUT2D eigenvalue weighted by Crippen LogP contribution is -2.17. The second-order valence-electron chi connectivity index (χ2n) is 16.0. The van der Waals surface area contributed by atoms with Gasteiger partial charge in [-0.3, -0.25) is 0 Å². The SMILES string of the molecule is CC1(C)c2ccccc2-c2ccc3c4cc(-c5ccc6c(c5)c5ccccc5n6-c5ccc6ccccc6c5)ccc4n(-c4cccc5c4CCC=C5)c3c21. The smallest absolute Gasteiger partial charge is 0.0588 e. The van der Waals surface area contributed by atoms with E-state index in [1.165, 1.54) is 110 Å². The minimum absolute atomic E-state index is 0.139. The van der Waals surface area contributed by atoms with Gasteiger partial charge in [-0.05, 0) is 117 Å². The van der Waals surface area contributed by atoms with Crippen molar-refractivity contribution in [2.24, 2.45) is 0 Å². The van der Waals surface area contributed by atoms with E-state index in [1.807, 2.05) is 0 Å². The average molecular weight is 703 g/mol. The van der Waals surface area contributed by atoms with Crippen molar-refractivity contribution >= 4 is 60.5 Å². The van der Waals surface area contributed by atoms with Crippen LogP contribution >= 0.6 is 0 Å². The second kappa shape index (κ2) is 11.2. The van der Waals surface area contributed by atoms with Gasteiger partial charge < -0.3 is 9.13 Å². The molecule has 0 N–H and O–H groups in total. The van der Waals surface area contributed by atoms with Gasteiger partial charge in [0.05, 0.1) is 22.1 Å². The maximum atomic E-state index is 2.61. The first kappa shape index (κ1) is 30.8. The van der Waals surface area contributed by atoms with Gasteiger partial charge in [0.25, 0.3) is 0 Å². The van der Waals surface area contributed by atoms with E-state index in [1.54, 1.807) is 0 Å². The van der Waals surface area contributed by atoms with Crippen molar-refractivity contribution in [3.8, 4) is 33.6 Å². The largest absolute Gasteiger partial charge is 0.309 e. The lowest BCUT2D eigenvalue weighted by molar-refractivity contribution is 0.664. The number of allylic oxidation sites excluding steroid dienone is 1. The topological polar surface area (TPSA) is 9.86 Å². The first-order valence-electron chi connectivity index (χ1n) is 19.6. The fraction of sp³-hybridized carbons (Fsp3) is 0.0943. The predicted molar refractivity (Wildman–Crippen MR) is 233 cm³/mol. The molecule has 2 heteroatoms. The highest BCUT2D eigenvalue weighted by atomic mass is 15.0. The maximum absolute atomic E-state index is 2.61. The molecule has 2 heterocycles. The summed E-state index contributed by atoms with van der Waals surface area (Å²) in [7, 11) is 0. The standard InChI is InChI=1S/C53H38N2/c1-53(2)46-19-9-7-17-40(46)42-26-27-43-45-32-37(24-29-50(45)55(52(43)51(42)53)47-21-11-15-34-13-5-6-16-39(34)47)36-23-28-49-44(31-36)41-18-8-10-20-48(41)54(49)38-25-22-33-12-3-4-14-35(33)30-38/h3-5,7-15,17-32H,6,16H2,1-2H3. The highest BCUT2D eigenvalue weighted by Gasteiger charge is 2.38. The molecule has 0 spiro atoms. The number of nitrogens with zero attached hydrogens (tertiary/aromatic N) is 2. The van der Waals surface area contributed by atoms with Crippen LogP contribution in [-0.2, 0) is 11.8 Å². The Hall–Kier alpha value is -6.64. The van der Waals surface area contributed by atoms with Crippen LogP contribution in [0, 0.1) is 0 Å².